The molecule has 372 valence electrons. The number of rotatable bonds is 0. The first-order valence-electron chi connectivity index (χ1n) is 27.6. The van der Waals surface area contributed by atoms with Crippen molar-refractivity contribution in [3.8, 4) is 28.7 Å². The maximum absolute atomic E-state index is 12.0. The molecule has 0 atom stereocenters. The van der Waals surface area contributed by atoms with Gasteiger partial charge in [-0.2, -0.15) is 0 Å². The molecule has 0 spiro atoms. The van der Waals surface area contributed by atoms with E-state index in [1.165, 1.54) is 18.2 Å². The SMILES string of the molecule is [2H]c1c(C)c2ccc[nH+]c2c2c([O-])cccc12.[2H]c1c(C)c2cccc([O-])c2c2[nH+]cccc12.[2H]c1c([2H])c2cccc([O-])c2c2[nH+]cccc12.[2H]c1cc2ccc[nH+]c2c2c([O-])cccc12.[2H]c1cc2cccc([O-])c2c2[nH+]cccc12.[Be+2].[Be+2].[Be+2].[Be+2].[Be+2]. The van der Waals surface area contributed by atoms with Crippen LogP contribution in [-0.4, -0.2) is 50.6 Å². The average molecular weight is 1060 g/mol. The number of H-pyrrole nitrogens is 5. The van der Waals surface area contributed by atoms with E-state index in [-0.39, 0.29) is 91.4 Å². The van der Waals surface area contributed by atoms with Gasteiger partial charge < -0.3 is 25.5 Å². The van der Waals surface area contributed by atoms with Gasteiger partial charge in [-0.05, 0) is 106 Å². The van der Waals surface area contributed by atoms with Gasteiger partial charge in [0, 0.05) is 84.2 Å². The number of aromatic amines is 5. The van der Waals surface area contributed by atoms with Crippen LogP contribution in [0, 0.1) is 13.8 Å². The van der Waals surface area contributed by atoms with Crippen molar-refractivity contribution in [2.75, 3.05) is 0 Å². The molecular formula is C67H49Be5N5O5+10. The predicted molar refractivity (Wildman–Crippen MR) is 326 cm³/mol. The summed E-state index contributed by atoms with van der Waals surface area (Å²) in [6.45, 7) is 3.80. The second-order valence-corrected chi connectivity index (χ2v) is 18.1. The molecule has 5 aromatic heterocycles. The second-order valence-electron chi connectivity index (χ2n) is 18.1. The molecular weight excluding hydrogens is 1000 g/mol. The Bertz CT molecular complexity index is 4790. The second kappa shape index (κ2) is 27.0. The van der Waals surface area contributed by atoms with Gasteiger partial charge in [0.1, 0.15) is 0 Å². The van der Waals surface area contributed by atoms with E-state index in [9.17, 15) is 25.5 Å². The van der Waals surface area contributed by atoms with Crippen LogP contribution >= 0.6 is 0 Å². The number of hydrogen-bond donors (Lipinski definition) is 0. The summed E-state index contributed by atoms with van der Waals surface area (Å²) in [5.41, 5.74) is 5.51. The first kappa shape index (κ1) is 53.1. The number of pyridine rings is 5. The zero-order chi connectivity index (χ0) is 58.2. The Morgan fingerprint density at radius 2 is 0.573 bits per heavy atom. The average Bonchev–Trinajstić information content (AvgIpc) is 3.02. The van der Waals surface area contributed by atoms with E-state index < -0.39 is 0 Å². The van der Waals surface area contributed by atoms with Gasteiger partial charge in [-0.25, -0.2) is 24.9 Å². The van der Waals surface area contributed by atoms with Crippen LogP contribution in [0.15, 0.2) is 231 Å². The summed E-state index contributed by atoms with van der Waals surface area (Å²) in [5, 5.41) is 70.1. The summed E-state index contributed by atoms with van der Waals surface area (Å²) in [4.78, 5) is 15.3. The Kier molecular flexibility index (Phi) is 17.5. The maximum atomic E-state index is 12.0. The molecule has 82 heavy (non-hydrogen) atoms. The van der Waals surface area contributed by atoms with Gasteiger partial charge in [-0.1, -0.05) is 144 Å². The number of fused-ring (bicyclic) bond motifs is 15. The zero-order valence-corrected chi connectivity index (χ0v) is 45.1. The van der Waals surface area contributed by atoms with E-state index in [1.807, 2.05) is 80.6 Å². The Hall–Kier alpha value is -9.61. The van der Waals surface area contributed by atoms with Crippen molar-refractivity contribution in [1.82, 2.24) is 0 Å². The van der Waals surface area contributed by atoms with Gasteiger partial charge in [-0.15, -0.1) is 0 Å². The summed E-state index contributed by atoms with van der Waals surface area (Å²) in [7, 11) is 0. The Balaban J connectivity index is 0.000000173. The van der Waals surface area contributed by atoms with E-state index in [0.29, 0.717) is 78.2 Å². The van der Waals surface area contributed by atoms with Crippen molar-refractivity contribution < 1.29 is 58.7 Å². The summed E-state index contributed by atoms with van der Waals surface area (Å²) >= 11 is 0. The normalized spacial score (nSPS) is 11.3. The smallest absolute Gasteiger partial charge is 0.872 e. The number of aromatic nitrogens is 5. The van der Waals surface area contributed by atoms with Crippen molar-refractivity contribution in [2.24, 2.45) is 0 Å². The number of hydrogen-bond acceptors (Lipinski definition) is 5. The molecule has 5 N–H and O–H groups in total. The van der Waals surface area contributed by atoms with Gasteiger partial charge in [0.25, 0.3) is 0 Å². The molecule has 0 aliphatic rings. The molecule has 15 heteroatoms. The largest absolute Gasteiger partial charge is 2.00 e. The van der Waals surface area contributed by atoms with E-state index in [1.54, 1.807) is 110 Å². The third kappa shape index (κ3) is 12.2. The quantitative estimate of drug-likeness (QED) is 0.110. The minimum Gasteiger partial charge on any atom is -0.872 e. The summed E-state index contributed by atoms with van der Waals surface area (Å²) in [5.74, 6) is -0.214. The van der Waals surface area contributed by atoms with Crippen molar-refractivity contribution >= 4 is 159 Å². The number of nitrogens with one attached hydrogen (secondary N) is 5. The molecule has 0 bridgehead atoms. The van der Waals surface area contributed by atoms with Crippen LogP contribution in [0.5, 0.6) is 28.7 Å². The molecule has 0 aliphatic carbocycles. The molecule has 10 nitrogen and oxygen atoms in total. The van der Waals surface area contributed by atoms with Gasteiger partial charge in [0.2, 0.25) is 27.6 Å². The molecule has 0 radical (unpaired) electrons. The first-order chi connectivity index (χ1) is 40.1. The number of benzene rings is 10. The van der Waals surface area contributed by atoms with Gasteiger partial charge in [0.05, 0.1) is 8.22 Å². The van der Waals surface area contributed by atoms with E-state index in [4.69, 9.17) is 8.22 Å². The van der Waals surface area contributed by atoms with Crippen molar-refractivity contribution in [2.45, 2.75) is 13.8 Å². The molecule has 0 saturated carbocycles. The molecule has 5 heterocycles. The molecule has 0 amide bonds. The summed E-state index contributed by atoms with van der Waals surface area (Å²) < 4.78 is 47.9. The molecule has 15 rings (SSSR count). The van der Waals surface area contributed by atoms with Crippen LogP contribution in [-0.2, 0) is 0 Å². The van der Waals surface area contributed by atoms with Gasteiger partial charge >= 0.3 is 50.6 Å². The molecule has 15 aromatic rings. The Labute approximate surface area is 500 Å². The van der Waals surface area contributed by atoms with Gasteiger partial charge in [0.15, 0.2) is 31.0 Å². The Morgan fingerprint density at radius 1 is 0.268 bits per heavy atom. The van der Waals surface area contributed by atoms with Crippen LogP contribution in [0.3, 0.4) is 0 Å². The third-order valence-corrected chi connectivity index (χ3v) is 13.3. The topological polar surface area (TPSA) is 186 Å². The zero-order valence-electron chi connectivity index (χ0n) is 51.1. The van der Waals surface area contributed by atoms with Crippen LogP contribution < -0.4 is 50.5 Å². The van der Waals surface area contributed by atoms with Crippen LogP contribution in [0.25, 0.3) is 108 Å². The molecule has 10 aromatic carbocycles. The molecule has 0 saturated heterocycles. The fraction of sp³-hybridized carbons (Fsp3) is 0.0299. The fourth-order valence-corrected chi connectivity index (χ4v) is 9.72. The summed E-state index contributed by atoms with van der Waals surface area (Å²) in [6.07, 6.45) is 8.86. The van der Waals surface area contributed by atoms with E-state index in [0.717, 1.165) is 65.5 Å². The van der Waals surface area contributed by atoms with Crippen LogP contribution in [0.1, 0.15) is 19.4 Å². The molecule has 0 aliphatic heterocycles. The van der Waals surface area contributed by atoms with Crippen molar-refractivity contribution in [3.63, 3.8) is 0 Å². The van der Waals surface area contributed by atoms with Crippen molar-refractivity contribution in [3.05, 3.63) is 242 Å². The third-order valence-electron chi connectivity index (χ3n) is 13.3. The fourth-order valence-electron chi connectivity index (χ4n) is 9.72. The first-order valence-corrected chi connectivity index (χ1v) is 24.6. The number of aryl methyl sites for hydroxylation is 2. The van der Waals surface area contributed by atoms with Crippen molar-refractivity contribution in [1.29, 1.82) is 0 Å². The van der Waals surface area contributed by atoms with E-state index in [2.05, 4.69) is 24.9 Å². The Morgan fingerprint density at radius 3 is 1.13 bits per heavy atom. The van der Waals surface area contributed by atoms with E-state index >= 15 is 0 Å². The van der Waals surface area contributed by atoms with Crippen LogP contribution in [0.2, 0.25) is 0 Å². The maximum Gasteiger partial charge on any atom is 2.00 e. The summed E-state index contributed by atoms with van der Waals surface area (Å²) in [6, 6.07) is 49.2. The predicted octanol–water partition coefficient (Wildman–Crippen LogP) is 8.12. The minimum absolute atomic E-state index is 0. The monoisotopic (exact) mass is 1050 g/mol. The standard InChI is InChI=1S/2C14H11NO.3C13H9NO.5Be/c1-9-8-10-4-3-7-15-14(10)13-11(9)5-2-6-12(13)16;1-9-8-10-4-2-6-12(16)13(10)14-11(9)5-3-7-15-14;3*15-11-5-1-3-9-6-7-10-4-2-8-14-13(10)12(9)11;;;;;/h2*2-8,16H,1H3;3*1-8,15H;;;;;/q;;;;;5*+2/i2*8D;6D,7D;7D;6D;;;;;. The van der Waals surface area contributed by atoms with Gasteiger partial charge in [-0.3, -0.25) is 0 Å². The van der Waals surface area contributed by atoms with Crippen LogP contribution in [0.4, 0.5) is 0 Å². The molecule has 0 fully saturated rings. The molecule has 0 unspecified atom stereocenters. The minimum atomic E-state index is -0.122.